The Kier molecular flexibility index (Phi) is 6.79. The highest BCUT2D eigenvalue weighted by molar-refractivity contribution is 7.83. The predicted molar refractivity (Wildman–Crippen MR) is 123 cm³/mol. The van der Waals surface area contributed by atoms with Crippen LogP contribution in [-0.2, 0) is 28.9 Å². The zero-order chi connectivity index (χ0) is 19.9. The summed E-state index contributed by atoms with van der Waals surface area (Å²) < 4.78 is 12.5. The number of hydrogen-bond donors (Lipinski definition) is 1. The second-order valence-electron chi connectivity index (χ2n) is 7.99. The minimum absolute atomic E-state index is 0.584. The van der Waals surface area contributed by atoms with E-state index >= 15 is 0 Å². The van der Waals surface area contributed by atoms with E-state index in [-0.39, 0.29) is 0 Å². The van der Waals surface area contributed by atoms with Crippen molar-refractivity contribution in [1.29, 1.82) is 0 Å². The highest BCUT2D eigenvalue weighted by Gasteiger charge is 2.16. The monoisotopic (exact) mass is 403 g/mol. The molecule has 1 aliphatic carbocycles. The third-order valence-corrected chi connectivity index (χ3v) is 7.04. The molecule has 0 bridgehead atoms. The maximum Gasteiger partial charge on any atom is 0.0489 e. The van der Waals surface area contributed by atoms with Gasteiger partial charge in [-0.15, -0.1) is 0 Å². The Hall–Kier alpha value is -2.39. The van der Waals surface area contributed by atoms with Gasteiger partial charge in [0.05, 0.1) is 0 Å². The van der Waals surface area contributed by atoms with E-state index in [0.717, 1.165) is 29.3 Å². The smallest absolute Gasteiger partial charge is 0.0489 e. The van der Waals surface area contributed by atoms with Crippen LogP contribution in [0.25, 0.3) is 0 Å². The molecule has 3 aromatic carbocycles. The molecule has 0 aromatic heterocycles. The van der Waals surface area contributed by atoms with Crippen LogP contribution in [-0.4, -0.2) is 4.21 Å². The molecule has 150 valence electrons. The molecule has 0 saturated heterocycles. The van der Waals surface area contributed by atoms with Crippen LogP contribution in [0.1, 0.15) is 53.9 Å². The van der Waals surface area contributed by atoms with Gasteiger partial charge in [0.25, 0.3) is 0 Å². The molecule has 1 unspecified atom stereocenters. The summed E-state index contributed by atoms with van der Waals surface area (Å²) in [6, 6.07) is 27.5. The van der Waals surface area contributed by atoms with Crippen molar-refractivity contribution in [1.82, 2.24) is 0 Å². The van der Waals surface area contributed by atoms with Crippen LogP contribution < -0.4 is 5.32 Å². The number of rotatable bonds is 8. The minimum Gasteiger partial charge on any atom is -0.381 e. The summed E-state index contributed by atoms with van der Waals surface area (Å²) in [6.07, 6.45) is 5.44. The van der Waals surface area contributed by atoms with Gasteiger partial charge in [-0.1, -0.05) is 79.6 Å². The van der Waals surface area contributed by atoms with Crippen LogP contribution >= 0.6 is 0 Å². The molecule has 0 spiro atoms. The van der Waals surface area contributed by atoms with Gasteiger partial charge in [0.2, 0.25) is 0 Å². The first-order valence-electron chi connectivity index (χ1n) is 10.6. The molecular formula is C26H29NOS. The summed E-state index contributed by atoms with van der Waals surface area (Å²) in [5.41, 5.74) is 6.11. The summed E-state index contributed by atoms with van der Waals surface area (Å²) in [5.74, 6) is 1.96. The molecule has 0 heterocycles. The van der Waals surface area contributed by atoms with Crippen LogP contribution in [0.2, 0.25) is 0 Å². The Morgan fingerprint density at radius 3 is 2.21 bits per heavy atom. The molecule has 0 amide bonds. The topological polar surface area (TPSA) is 29.1 Å². The van der Waals surface area contributed by atoms with E-state index in [1.165, 1.54) is 36.8 Å². The van der Waals surface area contributed by atoms with Gasteiger partial charge in [-0.25, -0.2) is 0 Å². The summed E-state index contributed by atoms with van der Waals surface area (Å²) in [7, 11) is -0.902. The normalized spacial score (nSPS) is 15.3. The molecule has 0 radical (unpaired) electrons. The third kappa shape index (κ3) is 5.80. The third-order valence-electron chi connectivity index (χ3n) is 5.73. The fourth-order valence-electron chi connectivity index (χ4n) is 4.14. The second-order valence-corrected chi connectivity index (χ2v) is 9.45. The fraction of sp³-hybridized carbons (Fsp3) is 0.308. The lowest BCUT2D eigenvalue weighted by atomic mass is 9.97. The van der Waals surface area contributed by atoms with Crippen LogP contribution in [0.4, 0.5) is 5.69 Å². The van der Waals surface area contributed by atoms with E-state index in [1.54, 1.807) is 0 Å². The zero-order valence-electron chi connectivity index (χ0n) is 16.8. The fourth-order valence-corrected chi connectivity index (χ4v) is 5.36. The van der Waals surface area contributed by atoms with E-state index < -0.39 is 10.8 Å². The quantitative estimate of drug-likeness (QED) is 0.471. The van der Waals surface area contributed by atoms with Crippen LogP contribution in [0.5, 0.6) is 0 Å². The molecular weight excluding hydrogens is 374 g/mol. The van der Waals surface area contributed by atoms with E-state index in [2.05, 4.69) is 47.8 Å². The average Bonchev–Trinajstić information content (AvgIpc) is 3.28. The van der Waals surface area contributed by atoms with E-state index in [0.29, 0.717) is 11.5 Å². The highest BCUT2D eigenvalue weighted by Crippen LogP contribution is 2.34. The Labute approximate surface area is 176 Å². The highest BCUT2D eigenvalue weighted by atomic mass is 32.2. The van der Waals surface area contributed by atoms with Gasteiger partial charge in [0, 0.05) is 34.5 Å². The van der Waals surface area contributed by atoms with Gasteiger partial charge in [0.15, 0.2) is 0 Å². The molecule has 4 rings (SSSR count). The molecule has 1 atom stereocenters. The van der Waals surface area contributed by atoms with Crippen LogP contribution in [0, 0.1) is 0 Å². The molecule has 3 aromatic rings. The van der Waals surface area contributed by atoms with E-state index in [1.807, 2.05) is 36.4 Å². The van der Waals surface area contributed by atoms with Gasteiger partial charge in [-0.3, -0.25) is 4.21 Å². The average molecular weight is 404 g/mol. The lowest BCUT2D eigenvalue weighted by Gasteiger charge is -2.12. The van der Waals surface area contributed by atoms with Gasteiger partial charge < -0.3 is 5.32 Å². The molecule has 1 N–H and O–H groups in total. The van der Waals surface area contributed by atoms with Gasteiger partial charge in [0.1, 0.15) is 0 Å². The van der Waals surface area contributed by atoms with Crippen LogP contribution in [0.15, 0.2) is 78.9 Å². The lowest BCUT2D eigenvalue weighted by Crippen LogP contribution is -2.02. The molecule has 1 fully saturated rings. The first kappa shape index (κ1) is 19.9. The Morgan fingerprint density at radius 2 is 1.45 bits per heavy atom. The molecule has 3 heteroatoms. The van der Waals surface area contributed by atoms with E-state index in [9.17, 15) is 4.21 Å². The predicted octanol–water partition coefficient (Wildman–Crippen LogP) is 6.41. The van der Waals surface area contributed by atoms with Gasteiger partial charge in [-0.05, 0) is 53.1 Å². The number of anilines is 1. The van der Waals surface area contributed by atoms with Crippen molar-refractivity contribution in [3.63, 3.8) is 0 Å². The van der Waals surface area contributed by atoms with Crippen molar-refractivity contribution in [2.75, 3.05) is 5.32 Å². The summed E-state index contributed by atoms with van der Waals surface area (Å²) in [4.78, 5) is 0. The van der Waals surface area contributed by atoms with Crippen molar-refractivity contribution in [2.24, 2.45) is 0 Å². The minimum atomic E-state index is -0.902. The maximum atomic E-state index is 12.5. The van der Waals surface area contributed by atoms with Crippen molar-refractivity contribution < 1.29 is 4.21 Å². The summed E-state index contributed by atoms with van der Waals surface area (Å²) in [5, 5.41) is 3.51. The SMILES string of the molecule is O=S(Cc1ccccc1)Cc1cccc(NCc2ccc(C3CCCC3)cc2)c1. The number of nitrogens with one attached hydrogen (secondary N) is 1. The van der Waals surface area contributed by atoms with Crippen molar-refractivity contribution >= 4 is 16.5 Å². The lowest BCUT2D eigenvalue weighted by molar-refractivity contribution is 0.682. The Balaban J connectivity index is 1.31. The van der Waals surface area contributed by atoms with Crippen molar-refractivity contribution in [3.8, 4) is 0 Å². The molecule has 0 aliphatic heterocycles. The number of benzene rings is 3. The molecule has 29 heavy (non-hydrogen) atoms. The first-order chi connectivity index (χ1) is 14.3. The van der Waals surface area contributed by atoms with Crippen LogP contribution in [0.3, 0.4) is 0 Å². The Morgan fingerprint density at radius 1 is 0.759 bits per heavy atom. The maximum absolute atomic E-state index is 12.5. The van der Waals surface area contributed by atoms with E-state index in [4.69, 9.17) is 0 Å². The Bertz CT molecular complexity index is 930. The first-order valence-corrected chi connectivity index (χ1v) is 12.1. The number of hydrogen-bond acceptors (Lipinski definition) is 2. The summed E-state index contributed by atoms with van der Waals surface area (Å²) >= 11 is 0. The second kappa shape index (κ2) is 9.89. The van der Waals surface area contributed by atoms with Crippen molar-refractivity contribution in [2.45, 2.75) is 49.7 Å². The molecule has 1 saturated carbocycles. The molecule has 1 aliphatic rings. The molecule has 2 nitrogen and oxygen atoms in total. The van der Waals surface area contributed by atoms with Crippen molar-refractivity contribution in [3.05, 3.63) is 101 Å². The summed E-state index contributed by atoms with van der Waals surface area (Å²) in [6.45, 7) is 0.807. The standard InChI is InChI=1S/C26H29NOS/c28-29(19-22-7-2-1-3-8-22)20-23-9-6-12-26(17-23)27-18-21-13-15-25(16-14-21)24-10-4-5-11-24/h1-3,6-9,12-17,24,27H,4-5,10-11,18-20H2. The van der Waals surface area contributed by atoms with Gasteiger partial charge in [-0.2, -0.15) is 0 Å². The van der Waals surface area contributed by atoms with Gasteiger partial charge >= 0.3 is 0 Å². The zero-order valence-corrected chi connectivity index (χ0v) is 17.7. The largest absolute Gasteiger partial charge is 0.381 e.